The van der Waals surface area contributed by atoms with Crippen LogP contribution in [0.5, 0.6) is 0 Å². The van der Waals surface area contributed by atoms with Crippen LogP contribution >= 0.6 is 7.82 Å². The summed E-state index contributed by atoms with van der Waals surface area (Å²) in [5.74, 6) is -0.236. The van der Waals surface area contributed by atoms with Crippen molar-refractivity contribution in [2.24, 2.45) is 5.92 Å². The lowest BCUT2D eigenvalue weighted by Crippen LogP contribution is -2.29. The number of aliphatic hydroxyl groups is 1. The minimum absolute atomic E-state index is 0.154. The second-order valence-corrected chi connectivity index (χ2v) is 12.8. The zero-order valence-electron chi connectivity index (χ0n) is 28.5. The van der Waals surface area contributed by atoms with E-state index in [1.807, 2.05) is 42.5 Å². The number of allylic oxidation sites excluding steroid dienone is 8. The number of carbonyl (C=O) groups excluding carboxylic acids is 2. The Kier molecular flexibility index (Phi) is 28.6. The van der Waals surface area contributed by atoms with E-state index in [1.54, 1.807) is 6.08 Å². The van der Waals surface area contributed by atoms with Gasteiger partial charge >= 0.3 is 19.8 Å². The van der Waals surface area contributed by atoms with Gasteiger partial charge in [0.05, 0.1) is 12.7 Å². The van der Waals surface area contributed by atoms with E-state index in [0.29, 0.717) is 25.7 Å². The Hall–Kier alpha value is -2.29. The molecule has 46 heavy (non-hydrogen) atoms. The molecule has 0 fully saturated rings. The maximum Gasteiger partial charge on any atom is 0.469 e. The second kappa shape index (κ2) is 30.1. The Balaban J connectivity index is 4.22. The van der Waals surface area contributed by atoms with Gasteiger partial charge < -0.3 is 24.4 Å². The molecule has 9 nitrogen and oxygen atoms in total. The summed E-state index contributed by atoms with van der Waals surface area (Å²) in [7, 11) is -4.77. The van der Waals surface area contributed by atoms with Gasteiger partial charge in [0, 0.05) is 12.8 Å². The SMILES string of the molecule is CC/C=C\C/C=C\CC(O)/C=C/C=C\C/C=C\CCCC(=O)OC[C@H](COP(=O)(O)O)OC(=O)CCCCCCCCC(C)CC. The summed E-state index contributed by atoms with van der Waals surface area (Å²) in [4.78, 5) is 42.5. The monoisotopic (exact) mass is 668 g/mol. The summed E-state index contributed by atoms with van der Waals surface area (Å²) in [6.07, 6.45) is 31.4. The highest BCUT2D eigenvalue weighted by Gasteiger charge is 2.22. The van der Waals surface area contributed by atoms with Crippen molar-refractivity contribution in [1.29, 1.82) is 0 Å². The zero-order chi connectivity index (χ0) is 34.3. The number of rotatable bonds is 29. The van der Waals surface area contributed by atoms with Crippen LogP contribution in [0.1, 0.15) is 124 Å². The number of hydrogen-bond acceptors (Lipinski definition) is 7. The first-order chi connectivity index (χ1) is 22.1. The quantitative estimate of drug-likeness (QED) is 0.0235. The molecule has 0 radical (unpaired) electrons. The molecule has 0 aliphatic heterocycles. The van der Waals surface area contributed by atoms with E-state index in [9.17, 15) is 19.3 Å². The molecule has 3 N–H and O–H groups in total. The van der Waals surface area contributed by atoms with Gasteiger partial charge in [0.1, 0.15) is 6.61 Å². The maximum atomic E-state index is 12.3. The molecule has 10 heteroatoms. The van der Waals surface area contributed by atoms with Crippen LogP contribution in [0.3, 0.4) is 0 Å². The van der Waals surface area contributed by atoms with Crippen molar-refractivity contribution in [2.75, 3.05) is 13.2 Å². The molecule has 0 aromatic carbocycles. The van der Waals surface area contributed by atoms with Gasteiger partial charge in [-0.2, -0.15) is 0 Å². The summed E-state index contributed by atoms with van der Waals surface area (Å²) < 4.78 is 26.1. The fourth-order valence-corrected chi connectivity index (χ4v) is 4.59. The highest BCUT2D eigenvalue weighted by Crippen LogP contribution is 2.35. The molecular weight excluding hydrogens is 607 g/mol. The van der Waals surface area contributed by atoms with Crippen LogP contribution in [0.2, 0.25) is 0 Å². The smallest absolute Gasteiger partial charge is 0.462 e. The Morgan fingerprint density at radius 3 is 2.13 bits per heavy atom. The molecule has 0 spiro atoms. The normalized spacial score (nSPS) is 14.7. The molecule has 264 valence electrons. The summed E-state index contributed by atoms with van der Waals surface area (Å²) in [5.41, 5.74) is 0. The minimum Gasteiger partial charge on any atom is -0.462 e. The molecule has 0 rings (SSSR count). The van der Waals surface area contributed by atoms with Gasteiger partial charge in [-0.1, -0.05) is 126 Å². The predicted octanol–water partition coefficient (Wildman–Crippen LogP) is 8.61. The van der Waals surface area contributed by atoms with E-state index in [2.05, 4.69) is 37.4 Å². The highest BCUT2D eigenvalue weighted by atomic mass is 31.2. The van der Waals surface area contributed by atoms with Gasteiger partial charge in [0.25, 0.3) is 0 Å². The lowest BCUT2D eigenvalue weighted by atomic mass is 10.00. The summed E-state index contributed by atoms with van der Waals surface area (Å²) in [5, 5.41) is 9.95. The molecule has 2 unspecified atom stereocenters. The number of phosphoric acid groups is 1. The molecule has 0 heterocycles. The van der Waals surface area contributed by atoms with Gasteiger partial charge in [-0.05, 0) is 50.9 Å². The number of phosphoric ester groups is 1. The highest BCUT2D eigenvalue weighted by molar-refractivity contribution is 7.46. The Labute approximate surface area is 278 Å². The number of unbranched alkanes of at least 4 members (excludes halogenated alkanes) is 6. The molecule has 0 aliphatic rings. The molecule has 3 atom stereocenters. The van der Waals surface area contributed by atoms with Crippen molar-refractivity contribution in [3.8, 4) is 0 Å². The van der Waals surface area contributed by atoms with Gasteiger partial charge in [0.15, 0.2) is 6.10 Å². The van der Waals surface area contributed by atoms with Gasteiger partial charge in [0.2, 0.25) is 0 Å². The average Bonchev–Trinajstić information content (AvgIpc) is 3.01. The summed E-state index contributed by atoms with van der Waals surface area (Å²) in [6.45, 7) is 5.67. The van der Waals surface area contributed by atoms with E-state index in [-0.39, 0.29) is 19.4 Å². The standard InChI is InChI=1S/C36H61O9P/c1-4-6-7-8-16-21-26-33(37)27-22-17-11-9-10-12-18-23-28-35(38)43-30-34(31-44-46(40,41)42)45-36(39)29-24-19-14-13-15-20-25-32(3)5-2/h6-7,10-12,16-17,21-22,27,32-34,37H,4-5,8-9,13-15,18-20,23-26,28-31H2,1-3H3,(H2,40,41,42)/b7-6-,12-10-,17-11-,21-16-,27-22+/t32?,33?,34-/m1/s1. The van der Waals surface area contributed by atoms with Crippen LogP contribution in [0, 0.1) is 5.92 Å². The number of carbonyl (C=O) groups is 2. The number of hydrogen-bond donors (Lipinski definition) is 3. The average molecular weight is 669 g/mol. The molecule has 0 bridgehead atoms. The molecule has 0 aromatic heterocycles. The van der Waals surface area contributed by atoms with E-state index in [4.69, 9.17) is 19.3 Å². The Bertz CT molecular complexity index is 965. The topological polar surface area (TPSA) is 140 Å². The lowest BCUT2D eigenvalue weighted by Gasteiger charge is -2.18. The number of aliphatic hydroxyl groups excluding tert-OH is 1. The van der Waals surface area contributed by atoms with E-state index in [1.165, 1.54) is 25.7 Å². The van der Waals surface area contributed by atoms with Crippen molar-refractivity contribution in [3.05, 3.63) is 60.8 Å². The third-order valence-electron chi connectivity index (χ3n) is 7.17. The van der Waals surface area contributed by atoms with Gasteiger partial charge in [-0.15, -0.1) is 0 Å². The van der Waals surface area contributed by atoms with Crippen molar-refractivity contribution >= 4 is 19.8 Å². The molecule has 0 amide bonds. The van der Waals surface area contributed by atoms with Crippen LogP contribution in [-0.4, -0.2) is 52.3 Å². The Morgan fingerprint density at radius 1 is 0.761 bits per heavy atom. The zero-order valence-corrected chi connectivity index (χ0v) is 29.4. The van der Waals surface area contributed by atoms with Crippen LogP contribution in [0.25, 0.3) is 0 Å². The second-order valence-electron chi connectivity index (χ2n) is 11.6. The molecule has 0 saturated heterocycles. The van der Waals surface area contributed by atoms with Crippen molar-refractivity contribution in [1.82, 2.24) is 0 Å². The molecular formula is C36H61O9P. The van der Waals surface area contributed by atoms with Crippen molar-refractivity contribution in [3.63, 3.8) is 0 Å². The van der Waals surface area contributed by atoms with E-state index in [0.717, 1.165) is 44.4 Å². The summed E-state index contributed by atoms with van der Waals surface area (Å²) in [6, 6.07) is 0. The summed E-state index contributed by atoms with van der Waals surface area (Å²) >= 11 is 0. The van der Waals surface area contributed by atoms with Crippen LogP contribution in [0.4, 0.5) is 0 Å². The largest absolute Gasteiger partial charge is 0.469 e. The first-order valence-corrected chi connectivity index (χ1v) is 18.6. The van der Waals surface area contributed by atoms with Crippen molar-refractivity contribution in [2.45, 2.75) is 136 Å². The van der Waals surface area contributed by atoms with Crippen LogP contribution in [0.15, 0.2) is 60.8 Å². The molecule has 0 saturated carbocycles. The third-order valence-corrected chi connectivity index (χ3v) is 7.66. The minimum atomic E-state index is -4.77. The number of esters is 2. The Morgan fingerprint density at radius 2 is 1.41 bits per heavy atom. The van der Waals surface area contributed by atoms with Gasteiger partial charge in [-0.3, -0.25) is 14.1 Å². The van der Waals surface area contributed by atoms with E-state index >= 15 is 0 Å². The predicted molar refractivity (Wildman–Crippen MR) is 185 cm³/mol. The molecule has 0 aromatic rings. The van der Waals surface area contributed by atoms with Crippen LogP contribution < -0.4 is 0 Å². The maximum absolute atomic E-state index is 12.3. The van der Waals surface area contributed by atoms with Crippen molar-refractivity contribution < 1.29 is 43.0 Å². The third kappa shape index (κ3) is 31.7. The fraction of sp³-hybridized carbons (Fsp3) is 0.667. The van der Waals surface area contributed by atoms with E-state index < -0.39 is 38.6 Å². The molecule has 0 aliphatic carbocycles. The van der Waals surface area contributed by atoms with Crippen LogP contribution in [-0.2, 0) is 28.2 Å². The van der Waals surface area contributed by atoms with Gasteiger partial charge in [-0.25, -0.2) is 4.57 Å². The first kappa shape index (κ1) is 43.7. The first-order valence-electron chi connectivity index (χ1n) is 17.1. The fourth-order valence-electron chi connectivity index (χ4n) is 4.23. The lowest BCUT2D eigenvalue weighted by molar-refractivity contribution is -0.161. The number of ether oxygens (including phenoxy) is 2.